The third-order valence-corrected chi connectivity index (χ3v) is 7.67. The van der Waals surface area contributed by atoms with E-state index in [4.69, 9.17) is 4.74 Å². The predicted molar refractivity (Wildman–Crippen MR) is 130 cm³/mol. The summed E-state index contributed by atoms with van der Waals surface area (Å²) >= 11 is 0. The maximum atomic E-state index is 13.0. The van der Waals surface area contributed by atoms with E-state index < -0.39 is 39.8 Å². The molecule has 208 valence electrons. The highest BCUT2D eigenvalue weighted by molar-refractivity contribution is 7.91. The molecule has 3 rings (SSSR count). The number of nitrogens with one attached hydrogen (secondary N) is 1. The number of carboxylic acid groups (broad SMARTS) is 1. The van der Waals surface area contributed by atoms with Crippen LogP contribution in [0.3, 0.4) is 0 Å². The molecule has 0 saturated carbocycles. The van der Waals surface area contributed by atoms with Crippen LogP contribution in [0, 0.1) is 0 Å². The van der Waals surface area contributed by atoms with Gasteiger partial charge in [-0.2, -0.15) is 0 Å². The zero-order chi connectivity index (χ0) is 27.9. The van der Waals surface area contributed by atoms with Crippen LogP contribution >= 0.6 is 0 Å². The molecule has 38 heavy (non-hydrogen) atoms. The topological polar surface area (TPSA) is 125 Å². The lowest BCUT2D eigenvalue weighted by atomic mass is 10.2. The Morgan fingerprint density at radius 1 is 0.974 bits per heavy atom. The van der Waals surface area contributed by atoms with Crippen molar-refractivity contribution in [1.82, 2.24) is 15.1 Å². The number of nitrogens with zero attached hydrogens (tertiary/aromatic N) is 2. The Hall–Kier alpha value is -3.52. The Labute approximate surface area is 217 Å². The number of carbonyl (C=O) groups excluding carboxylic acids is 1. The van der Waals surface area contributed by atoms with Gasteiger partial charge in [-0.3, -0.25) is 9.69 Å². The van der Waals surface area contributed by atoms with Gasteiger partial charge in [0.15, 0.2) is 9.84 Å². The molecular formula is C24H28F3N3O7S. The van der Waals surface area contributed by atoms with Gasteiger partial charge in [0.2, 0.25) is 5.91 Å². The van der Waals surface area contributed by atoms with Gasteiger partial charge in [0.05, 0.1) is 10.6 Å². The van der Waals surface area contributed by atoms with Crippen molar-refractivity contribution < 1.29 is 45.8 Å². The number of rotatable bonds is 10. The Morgan fingerprint density at radius 2 is 1.50 bits per heavy atom. The van der Waals surface area contributed by atoms with Crippen LogP contribution in [0.5, 0.6) is 17.2 Å². The van der Waals surface area contributed by atoms with E-state index in [2.05, 4.69) is 15.0 Å². The lowest BCUT2D eigenvalue weighted by molar-refractivity contribution is -0.274. The fraction of sp³-hybridized carbons (Fsp3) is 0.417. The van der Waals surface area contributed by atoms with E-state index in [1.54, 1.807) is 4.90 Å². The summed E-state index contributed by atoms with van der Waals surface area (Å²) in [7, 11) is -3.87. The molecule has 1 saturated heterocycles. The molecule has 14 heteroatoms. The SMILES string of the molecule is CC(=O)N1CCN(CCC(CS(=O)(=O)c2ccc(Oc3ccc(OC(F)(F)F)cc3)cc2)NC(=O)O)CC1. The number of ether oxygens (including phenoxy) is 2. The molecule has 2 amide bonds. The normalized spacial score (nSPS) is 15.5. The van der Waals surface area contributed by atoms with Gasteiger partial charge in [0.25, 0.3) is 0 Å². The molecular weight excluding hydrogens is 531 g/mol. The Morgan fingerprint density at radius 3 is 2.00 bits per heavy atom. The highest BCUT2D eigenvalue weighted by Crippen LogP contribution is 2.28. The monoisotopic (exact) mass is 559 g/mol. The first-order valence-corrected chi connectivity index (χ1v) is 13.3. The van der Waals surface area contributed by atoms with E-state index >= 15 is 0 Å². The number of halogens is 3. The van der Waals surface area contributed by atoms with Crippen molar-refractivity contribution in [3.05, 3.63) is 48.5 Å². The minimum atomic E-state index is -4.81. The van der Waals surface area contributed by atoms with Crippen molar-refractivity contribution in [2.45, 2.75) is 30.6 Å². The summed E-state index contributed by atoms with van der Waals surface area (Å²) in [5.74, 6) is -0.406. The smallest absolute Gasteiger partial charge is 0.465 e. The molecule has 0 aliphatic carbocycles. The van der Waals surface area contributed by atoms with Gasteiger partial charge in [-0.05, 0) is 55.0 Å². The molecule has 0 bridgehead atoms. The maximum absolute atomic E-state index is 13.0. The van der Waals surface area contributed by atoms with Crippen LogP contribution in [0.25, 0.3) is 0 Å². The number of sulfone groups is 1. The summed E-state index contributed by atoms with van der Waals surface area (Å²) < 4.78 is 72.1. The van der Waals surface area contributed by atoms with Crippen molar-refractivity contribution in [2.75, 3.05) is 38.5 Å². The quantitative estimate of drug-likeness (QED) is 0.454. The number of hydrogen-bond donors (Lipinski definition) is 2. The average molecular weight is 560 g/mol. The summed E-state index contributed by atoms with van der Waals surface area (Å²) in [4.78, 5) is 26.5. The molecule has 2 aromatic rings. The van der Waals surface area contributed by atoms with E-state index in [0.29, 0.717) is 32.7 Å². The largest absolute Gasteiger partial charge is 0.573 e. The summed E-state index contributed by atoms with van der Waals surface area (Å²) in [5.41, 5.74) is 0. The van der Waals surface area contributed by atoms with Gasteiger partial charge in [0.1, 0.15) is 17.2 Å². The third-order valence-electron chi connectivity index (χ3n) is 5.84. The molecule has 0 radical (unpaired) electrons. The Bertz CT molecular complexity index is 1200. The van der Waals surface area contributed by atoms with E-state index in [0.717, 1.165) is 12.1 Å². The molecule has 1 aliphatic rings. The van der Waals surface area contributed by atoms with Gasteiger partial charge in [-0.15, -0.1) is 13.2 Å². The number of alkyl halides is 3. The highest BCUT2D eigenvalue weighted by Gasteiger charge is 2.31. The van der Waals surface area contributed by atoms with Gasteiger partial charge in [0, 0.05) is 45.7 Å². The number of carbonyl (C=O) groups is 2. The molecule has 1 fully saturated rings. The summed E-state index contributed by atoms with van der Waals surface area (Å²) in [6, 6.07) is 9.26. The first-order valence-electron chi connectivity index (χ1n) is 11.6. The van der Waals surface area contributed by atoms with Crippen LogP contribution in [-0.2, 0) is 14.6 Å². The molecule has 2 N–H and O–H groups in total. The summed E-state index contributed by atoms with van der Waals surface area (Å²) in [6.45, 7) is 4.32. The first-order chi connectivity index (χ1) is 17.8. The fourth-order valence-electron chi connectivity index (χ4n) is 3.92. The zero-order valence-corrected chi connectivity index (χ0v) is 21.3. The van der Waals surface area contributed by atoms with Crippen molar-refractivity contribution in [3.63, 3.8) is 0 Å². The van der Waals surface area contributed by atoms with Gasteiger partial charge < -0.3 is 24.8 Å². The molecule has 1 atom stereocenters. The maximum Gasteiger partial charge on any atom is 0.573 e. The summed E-state index contributed by atoms with van der Waals surface area (Å²) in [6.07, 6.45) is -5.88. The summed E-state index contributed by atoms with van der Waals surface area (Å²) in [5, 5.41) is 11.5. The number of piperazine rings is 1. The van der Waals surface area contributed by atoms with E-state index in [-0.39, 0.29) is 28.7 Å². The van der Waals surface area contributed by atoms with Gasteiger partial charge in [-0.25, -0.2) is 13.2 Å². The number of hydrogen-bond acceptors (Lipinski definition) is 7. The highest BCUT2D eigenvalue weighted by atomic mass is 32.2. The third kappa shape index (κ3) is 9.10. The lowest BCUT2D eigenvalue weighted by Crippen LogP contribution is -2.49. The molecule has 1 aliphatic heterocycles. The molecule has 1 heterocycles. The molecule has 2 aromatic carbocycles. The van der Waals surface area contributed by atoms with Crippen molar-refractivity contribution in [1.29, 1.82) is 0 Å². The van der Waals surface area contributed by atoms with Crippen molar-refractivity contribution in [3.8, 4) is 17.2 Å². The fourth-order valence-corrected chi connectivity index (χ4v) is 5.44. The van der Waals surface area contributed by atoms with Crippen LogP contribution in [-0.4, -0.2) is 86.2 Å². The van der Waals surface area contributed by atoms with Crippen LogP contribution in [0.1, 0.15) is 13.3 Å². The second kappa shape index (κ2) is 12.3. The van der Waals surface area contributed by atoms with Gasteiger partial charge >= 0.3 is 12.5 Å². The first kappa shape index (κ1) is 29.0. The van der Waals surface area contributed by atoms with Crippen LogP contribution in [0.15, 0.2) is 53.4 Å². The van der Waals surface area contributed by atoms with Gasteiger partial charge in [-0.1, -0.05) is 0 Å². The Balaban J connectivity index is 1.58. The average Bonchev–Trinajstić information content (AvgIpc) is 2.83. The van der Waals surface area contributed by atoms with E-state index in [1.807, 2.05) is 0 Å². The van der Waals surface area contributed by atoms with Crippen LogP contribution < -0.4 is 14.8 Å². The molecule has 10 nitrogen and oxygen atoms in total. The lowest BCUT2D eigenvalue weighted by Gasteiger charge is -2.34. The minimum Gasteiger partial charge on any atom is -0.465 e. The standard InChI is InChI=1S/C24H28F3N3O7S/c1-17(31)30-14-12-29(13-15-30)11-10-18(28-23(32)33)16-38(34,35)22-8-6-20(7-9-22)36-19-2-4-21(5-3-19)37-24(25,26)27/h2-9,18,28H,10-16H2,1H3,(H,32,33). The second-order valence-electron chi connectivity index (χ2n) is 8.66. The zero-order valence-electron chi connectivity index (χ0n) is 20.5. The van der Waals surface area contributed by atoms with Crippen LogP contribution in [0.4, 0.5) is 18.0 Å². The Kier molecular flexibility index (Phi) is 9.44. The second-order valence-corrected chi connectivity index (χ2v) is 10.7. The molecule has 0 aromatic heterocycles. The molecule has 1 unspecified atom stereocenters. The van der Waals surface area contributed by atoms with E-state index in [1.165, 1.54) is 43.3 Å². The van der Waals surface area contributed by atoms with E-state index in [9.17, 15) is 36.3 Å². The van der Waals surface area contributed by atoms with Crippen LogP contribution in [0.2, 0.25) is 0 Å². The molecule has 0 spiro atoms. The minimum absolute atomic E-state index is 0.00831. The predicted octanol–water partition coefficient (Wildman–Crippen LogP) is 3.34. The van der Waals surface area contributed by atoms with Crippen molar-refractivity contribution in [2.24, 2.45) is 0 Å². The number of amides is 2. The van der Waals surface area contributed by atoms with Crippen molar-refractivity contribution >= 4 is 21.8 Å². The number of benzene rings is 2.